The summed E-state index contributed by atoms with van der Waals surface area (Å²) in [6.45, 7) is 0.189. The quantitative estimate of drug-likeness (QED) is 0.448. The van der Waals surface area contributed by atoms with E-state index in [9.17, 15) is 16.8 Å². The van der Waals surface area contributed by atoms with Crippen molar-refractivity contribution in [2.75, 3.05) is 25.1 Å². The van der Waals surface area contributed by atoms with E-state index >= 15 is 0 Å². The number of anilines is 1. The van der Waals surface area contributed by atoms with Crippen LogP contribution in [0.25, 0.3) is 0 Å². The molecule has 10 heteroatoms. The highest BCUT2D eigenvalue weighted by Crippen LogP contribution is 2.19. The van der Waals surface area contributed by atoms with Crippen LogP contribution in [0.2, 0.25) is 0 Å². The van der Waals surface area contributed by atoms with Crippen LogP contribution in [0.1, 0.15) is 12.0 Å². The van der Waals surface area contributed by atoms with Crippen LogP contribution in [0.5, 0.6) is 0 Å². The molecule has 1 rings (SSSR count). The molecule has 0 atom stereocenters. The molecule has 0 saturated heterocycles. The Hall–Kier alpha value is -1.67. The molecule has 4 N–H and O–H groups in total. The normalized spacial score (nSPS) is 12.0. The second kappa shape index (κ2) is 6.86. The summed E-state index contributed by atoms with van der Waals surface area (Å²) in [5.41, 5.74) is 5.86. The molecule has 0 fully saturated rings. The topological polar surface area (TPSA) is 142 Å². The summed E-state index contributed by atoms with van der Waals surface area (Å²) < 4.78 is 50.2. The van der Waals surface area contributed by atoms with Crippen molar-refractivity contribution in [2.45, 2.75) is 11.3 Å². The average molecular weight is 332 g/mol. The average Bonchev–Trinajstić information content (AvgIpc) is 2.36. The summed E-state index contributed by atoms with van der Waals surface area (Å²) in [7, 11) is -7.08. The minimum atomic E-state index is -3.79. The summed E-state index contributed by atoms with van der Waals surface area (Å²) >= 11 is 0. The SMILES string of the molecule is CS(=O)(=O)NCCCNS(=O)(=O)c1ccc(C#N)cc1N. The van der Waals surface area contributed by atoms with E-state index in [1.807, 2.05) is 6.07 Å². The van der Waals surface area contributed by atoms with Crippen LogP contribution < -0.4 is 15.2 Å². The first-order chi connectivity index (χ1) is 9.65. The van der Waals surface area contributed by atoms with Crippen LogP contribution in [-0.4, -0.2) is 36.2 Å². The molecule has 8 nitrogen and oxygen atoms in total. The van der Waals surface area contributed by atoms with Crippen LogP contribution >= 0.6 is 0 Å². The number of nitrogens with two attached hydrogens (primary N) is 1. The fraction of sp³-hybridized carbons (Fsp3) is 0.364. The van der Waals surface area contributed by atoms with Crippen molar-refractivity contribution in [3.05, 3.63) is 23.8 Å². The van der Waals surface area contributed by atoms with E-state index in [1.165, 1.54) is 18.2 Å². The molecule has 0 heterocycles. The molecule has 0 amide bonds. The Balaban J connectivity index is 2.64. The molecular formula is C11H16N4O4S2. The summed E-state index contributed by atoms with van der Waals surface area (Å²) in [6, 6.07) is 5.75. The van der Waals surface area contributed by atoms with E-state index in [4.69, 9.17) is 11.0 Å². The lowest BCUT2D eigenvalue weighted by atomic mass is 10.2. The Morgan fingerprint density at radius 1 is 1.19 bits per heavy atom. The molecule has 0 aromatic heterocycles. The van der Waals surface area contributed by atoms with Gasteiger partial charge in [-0.1, -0.05) is 0 Å². The number of nitrogens with one attached hydrogen (secondary N) is 2. The molecule has 21 heavy (non-hydrogen) atoms. The lowest BCUT2D eigenvalue weighted by Gasteiger charge is -2.09. The van der Waals surface area contributed by atoms with Crippen LogP contribution in [0, 0.1) is 11.3 Å². The van der Waals surface area contributed by atoms with Gasteiger partial charge in [0.15, 0.2) is 0 Å². The van der Waals surface area contributed by atoms with Gasteiger partial charge < -0.3 is 5.73 Å². The highest BCUT2D eigenvalue weighted by atomic mass is 32.2. The summed E-state index contributed by atoms with van der Waals surface area (Å²) in [5.74, 6) is 0. The Bertz CT molecular complexity index is 751. The van der Waals surface area contributed by atoms with Gasteiger partial charge in [0.2, 0.25) is 20.0 Å². The molecule has 0 aliphatic rings. The first-order valence-electron chi connectivity index (χ1n) is 5.89. The van der Waals surface area contributed by atoms with Crippen LogP contribution in [0.15, 0.2) is 23.1 Å². The third-order valence-electron chi connectivity index (χ3n) is 2.44. The summed E-state index contributed by atoms with van der Waals surface area (Å²) in [5, 5.41) is 8.70. The first-order valence-corrected chi connectivity index (χ1v) is 9.27. The third-order valence-corrected chi connectivity index (χ3v) is 4.70. The predicted molar refractivity (Wildman–Crippen MR) is 78.2 cm³/mol. The number of nitriles is 1. The van der Waals surface area contributed by atoms with Gasteiger partial charge in [-0.05, 0) is 24.6 Å². The molecule has 0 unspecified atom stereocenters. The molecule has 116 valence electrons. The van der Waals surface area contributed by atoms with E-state index < -0.39 is 20.0 Å². The number of nitrogens with zero attached hydrogens (tertiary/aromatic N) is 1. The van der Waals surface area contributed by atoms with Crippen molar-refractivity contribution in [2.24, 2.45) is 0 Å². The van der Waals surface area contributed by atoms with Crippen molar-refractivity contribution >= 4 is 25.7 Å². The van der Waals surface area contributed by atoms with Gasteiger partial charge in [0, 0.05) is 13.1 Å². The van der Waals surface area contributed by atoms with E-state index in [2.05, 4.69) is 9.44 Å². The number of hydrogen-bond donors (Lipinski definition) is 3. The van der Waals surface area contributed by atoms with Crippen LogP contribution in [-0.2, 0) is 20.0 Å². The monoisotopic (exact) mass is 332 g/mol. The molecular weight excluding hydrogens is 316 g/mol. The Kier molecular flexibility index (Phi) is 5.68. The van der Waals surface area contributed by atoms with Crippen molar-refractivity contribution in [1.82, 2.24) is 9.44 Å². The van der Waals surface area contributed by atoms with E-state index in [1.54, 1.807) is 0 Å². The fourth-order valence-corrected chi connectivity index (χ4v) is 3.19. The number of nitrogen functional groups attached to an aromatic ring is 1. The van der Waals surface area contributed by atoms with Crippen molar-refractivity contribution < 1.29 is 16.8 Å². The van der Waals surface area contributed by atoms with Gasteiger partial charge in [-0.2, -0.15) is 5.26 Å². The van der Waals surface area contributed by atoms with E-state index in [0.717, 1.165) is 6.26 Å². The molecule has 0 spiro atoms. The summed E-state index contributed by atoms with van der Waals surface area (Å²) in [4.78, 5) is -0.113. The van der Waals surface area contributed by atoms with Crippen LogP contribution in [0.3, 0.4) is 0 Å². The van der Waals surface area contributed by atoms with Crippen molar-refractivity contribution in [3.8, 4) is 6.07 Å². The van der Waals surface area contributed by atoms with Gasteiger partial charge in [0.1, 0.15) is 4.90 Å². The zero-order valence-corrected chi connectivity index (χ0v) is 13.0. The number of benzene rings is 1. The molecule has 1 aromatic rings. The smallest absolute Gasteiger partial charge is 0.242 e. The molecule has 1 aromatic carbocycles. The zero-order chi connectivity index (χ0) is 16.1. The van der Waals surface area contributed by atoms with Gasteiger partial charge in [-0.25, -0.2) is 26.3 Å². The molecule has 0 saturated carbocycles. The van der Waals surface area contributed by atoms with Crippen molar-refractivity contribution in [3.63, 3.8) is 0 Å². The van der Waals surface area contributed by atoms with E-state index in [0.29, 0.717) is 6.42 Å². The van der Waals surface area contributed by atoms with Crippen LogP contribution in [0.4, 0.5) is 5.69 Å². The zero-order valence-electron chi connectivity index (χ0n) is 11.3. The second-order valence-electron chi connectivity index (χ2n) is 4.28. The lowest BCUT2D eigenvalue weighted by molar-refractivity contribution is 0.575. The minimum Gasteiger partial charge on any atom is -0.398 e. The molecule has 0 aliphatic carbocycles. The fourth-order valence-electron chi connectivity index (χ4n) is 1.49. The van der Waals surface area contributed by atoms with Gasteiger partial charge in [-0.15, -0.1) is 0 Å². The highest BCUT2D eigenvalue weighted by Gasteiger charge is 2.17. The largest absolute Gasteiger partial charge is 0.398 e. The standard InChI is InChI=1S/C11H16N4O4S2/c1-20(16,17)14-5-2-6-15-21(18,19)11-4-3-9(8-12)7-10(11)13/h3-4,7,14-15H,2,5-6,13H2,1H3. The molecule has 0 aliphatic heterocycles. The Morgan fingerprint density at radius 2 is 1.81 bits per heavy atom. The Morgan fingerprint density at radius 3 is 2.33 bits per heavy atom. The minimum absolute atomic E-state index is 0.0178. The van der Waals surface area contributed by atoms with Crippen molar-refractivity contribution in [1.29, 1.82) is 5.26 Å². The molecule has 0 radical (unpaired) electrons. The van der Waals surface area contributed by atoms with E-state index in [-0.39, 0.29) is 29.2 Å². The maximum atomic E-state index is 12.0. The number of sulfonamides is 2. The lowest BCUT2D eigenvalue weighted by Crippen LogP contribution is -2.29. The first kappa shape index (κ1) is 17.4. The second-order valence-corrected chi connectivity index (χ2v) is 7.85. The predicted octanol–water partition coefficient (Wildman–Crippen LogP) is -0.642. The maximum absolute atomic E-state index is 12.0. The maximum Gasteiger partial charge on any atom is 0.242 e. The van der Waals surface area contributed by atoms with Gasteiger partial charge in [0.25, 0.3) is 0 Å². The Labute approximate surface area is 124 Å². The number of rotatable bonds is 7. The van der Waals surface area contributed by atoms with Gasteiger partial charge >= 0.3 is 0 Å². The molecule has 0 bridgehead atoms. The number of hydrogen-bond acceptors (Lipinski definition) is 6. The summed E-state index contributed by atoms with van der Waals surface area (Å²) in [6.07, 6.45) is 1.32. The van der Waals surface area contributed by atoms with Gasteiger partial charge in [0.05, 0.1) is 23.6 Å². The third kappa shape index (κ3) is 5.68. The van der Waals surface area contributed by atoms with Gasteiger partial charge in [-0.3, -0.25) is 0 Å². The highest BCUT2D eigenvalue weighted by molar-refractivity contribution is 7.89.